The predicted octanol–water partition coefficient (Wildman–Crippen LogP) is -0.254. The Balaban J connectivity index is 1.86. The molecular weight excluding hydrogens is 244 g/mol. The van der Waals surface area contributed by atoms with E-state index in [-0.39, 0.29) is 6.54 Å². The molecule has 0 amide bonds. The standard InChI is InChI=1S/C8H10N6O2S/c15-7(16)5-14-8(10-11-12-14)17-4-3-13-2-1-9-6-13/h1-2,6H,3-5H2,(H,15,16). The van der Waals surface area contributed by atoms with E-state index in [1.54, 1.807) is 12.5 Å². The second kappa shape index (κ2) is 5.43. The van der Waals surface area contributed by atoms with Gasteiger partial charge in [0, 0.05) is 24.7 Å². The maximum Gasteiger partial charge on any atom is 0.325 e. The minimum Gasteiger partial charge on any atom is -0.480 e. The van der Waals surface area contributed by atoms with Crippen LogP contribution in [0.15, 0.2) is 23.9 Å². The molecule has 0 aliphatic heterocycles. The van der Waals surface area contributed by atoms with E-state index >= 15 is 0 Å². The molecule has 2 heterocycles. The first-order valence-electron chi connectivity index (χ1n) is 4.82. The number of hydrogen-bond donors (Lipinski definition) is 1. The molecule has 2 rings (SSSR count). The van der Waals surface area contributed by atoms with Gasteiger partial charge in [-0.25, -0.2) is 9.67 Å². The van der Waals surface area contributed by atoms with Gasteiger partial charge in [-0.1, -0.05) is 11.8 Å². The van der Waals surface area contributed by atoms with Gasteiger partial charge >= 0.3 is 5.97 Å². The van der Waals surface area contributed by atoms with Crippen molar-refractivity contribution in [1.82, 2.24) is 29.8 Å². The lowest BCUT2D eigenvalue weighted by atomic mass is 10.7. The molecule has 2 aromatic heterocycles. The van der Waals surface area contributed by atoms with Crippen molar-refractivity contribution in [2.75, 3.05) is 5.75 Å². The third kappa shape index (κ3) is 3.28. The number of carboxylic acids is 1. The minimum atomic E-state index is -0.964. The number of rotatable bonds is 6. The zero-order chi connectivity index (χ0) is 12.1. The van der Waals surface area contributed by atoms with Crippen LogP contribution in [0.5, 0.6) is 0 Å². The number of aryl methyl sites for hydroxylation is 1. The van der Waals surface area contributed by atoms with Crippen molar-refractivity contribution in [1.29, 1.82) is 0 Å². The zero-order valence-corrected chi connectivity index (χ0v) is 9.62. The Kier molecular flexibility index (Phi) is 3.70. The zero-order valence-electron chi connectivity index (χ0n) is 8.80. The molecule has 8 nitrogen and oxygen atoms in total. The fourth-order valence-corrected chi connectivity index (χ4v) is 2.02. The normalized spacial score (nSPS) is 10.6. The first kappa shape index (κ1) is 11.6. The Hall–Kier alpha value is -1.90. The topological polar surface area (TPSA) is 98.7 Å². The van der Waals surface area contributed by atoms with Crippen molar-refractivity contribution in [2.24, 2.45) is 0 Å². The largest absolute Gasteiger partial charge is 0.480 e. The van der Waals surface area contributed by atoms with E-state index in [1.165, 1.54) is 16.4 Å². The highest BCUT2D eigenvalue weighted by atomic mass is 32.2. The Labute approximate surface area is 101 Å². The summed E-state index contributed by atoms with van der Waals surface area (Å²) in [4.78, 5) is 14.5. The number of carbonyl (C=O) groups is 1. The number of aromatic nitrogens is 6. The fourth-order valence-electron chi connectivity index (χ4n) is 1.19. The van der Waals surface area contributed by atoms with Crippen LogP contribution in [0, 0.1) is 0 Å². The molecule has 90 valence electrons. The van der Waals surface area contributed by atoms with Gasteiger partial charge in [-0.3, -0.25) is 4.79 Å². The lowest BCUT2D eigenvalue weighted by Crippen LogP contribution is -2.11. The van der Waals surface area contributed by atoms with Gasteiger partial charge in [0.15, 0.2) is 0 Å². The predicted molar refractivity (Wildman–Crippen MR) is 58.4 cm³/mol. The van der Waals surface area contributed by atoms with Gasteiger partial charge < -0.3 is 9.67 Å². The molecular formula is C8H10N6O2S. The van der Waals surface area contributed by atoms with Crippen molar-refractivity contribution in [3.8, 4) is 0 Å². The monoisotopic (exact) mass is 254 g/mol. The van der Waals surface area contributed by atoms with Crippen LogP contribution in [0.1, 0.15) is 0 Å². The Morgan fingerprint density at radius 2 is 2.41 bits per heavy atom. The second-order valence-corrected chi connectivity index (χ2v) is 4.22. The summed E-state index contributed by atoms with van der Waals surface area (Å²) in [6.45, 7) is 0.547. The third-order valence-corrected chi connectivity index (χ3v) is 2.86. The summed E-state index contributed by atoms with van der Waals surface area (Å²) in [6, 6.07) is 0. The van der Waals surface area contributed by atoms with Crippen LogP contribution < -0.4 is 0 Å². The van der Waals surface area contributed by atoms with Gasteiger partial charge in [-0.15, -0.1) is 5.10 Å². The summed E-state index contributed by atoms with van der Waals surface area (Å²) in [5.74, 6) is -0.218. The van der Waals surface area contributed by atoms with E-state index in [1.807, 2.05) is 10.8 Å². The van der Waals surface area contributed by atoms with Crippen LogP contribution in [-0.4, -0.2) is 46.6 Å². The average molecular weight is 254 g/mol. The number of imidazole rings is 1. The van der Waals surface area contributed by atoms with Crippen molar-refractivity contribution >= 4 is 17.7 Å². The highest BCUT2D eigenvalue weighted by Gasteiger charge is 2.09. The Morgan fingerprint density at radius 1 is 1.53 bits per heavy atom. The molecule has 0 saturated heterocycles. The van der Waals surface area contributed by atoms with Gasteiger partial charge in [0.2, 0.25) is 5.16 Å². The molecule has 0 atom stereocenters. The molecule has 2 aromatic rings. The van der Waals surface area contributed by atoms with Crippen LogP contribution in [0.3, 0.4) is 0 Å². The average Bonchev–Trinajstić information content (AvgIpc) is 2.90. The van der Waals surface area contributed by atoms with Crippen molar-refractivity contribution < 1.29 is 9.90 Å². The fraction of sp³-hybridized carbons (Fsp3) is 0.375. The first-order valence-corrected chi connectivity index (χ1v) is 5.81. The van der Waals surface area contributed by atoms with Crippen molar-refractivity contribution in [3.63, 3.8) is 0 Å². The highest BCUT2D eigenvalue weighted by molar-refractivity contribution is 7.99. The lowest BCUT2D eigenvalue weighted by molar-refractivity contribution is -0.138. The summed E-state index contributed by atoms with van der Waals surface area (Å²) in [5, 5.41) is 20.0. The molecule has 0 unspecified atom stereocenters. The number of thioether (sulfide) groups is 1. The molecule has 0 fully saturated rings. The van der Waals surface area contributed by atoms with Crippen LogP contribution in [-0.2, 0) is 17.9 Å². The molecule has 0 spiro atoms. The number of tetrazole rings is 1. The Morgan fingerprint density at radius 3 is 3.12 bits per heavy atom. The molecule has 0 aromatic carbocycles. The minimum absolute atomic E-state index is 0.222. The van der Waals surface area contributed by atoms with Crippen LogP contribution in [0.4, 0.5) is 0 Å². The van der Waals surface area contributed by atoms with Crippen LogP contribution in [0.25, 0.3) is 0 Å². The van der Waals surface area contributed by atoms with E-state index in [2.05, 4.69) is 20.5 Å². The van der Waals surface area contributed by atoms with E-state index in [4.69, 9.17) is 5.11 Å². The third-order valence-electron chi connectivity index (χ3n) is 1.92. The van der Waals surface area contributed by atoms with E-state index in [0.717, 1.165) is 12.3 Å². The number of nitrogens with zero attached hydrogens (tertiary/aromatic N) is 6. The first-order chi connectivity index (χ1) is 8.25. The molecule has 0 aliphatic rings. The number of hydrogen-bond acceptors (Lipinski definition) is 6. The lowest BCUT2D eigenvalue weighted by Gasteiger charge is -2.02. The molecule has 17 heavy (non-hydrogen) atoms. The molecule has 1 N–H and O–H groups in total. The van der Waals surface area contributed by atoms with E-state index in [9.17, 15) is 4.79 Å². The number of aliphatic carboxylic acids is 1. The maximum absolute atomic E-state index is 10.5. The smallest absolute Gasteiger partial charge is 0.325 e. The SMILES string of the molecule is O=C(O)Cn1nnnc1SCCn1ccnc1. The quantitative estimate of drug-likeness (QED) is 0.709. The highest BCUT2D eigenvalue weighted by Crippen LogP contribution is 2.13. The second-order valence-electron chi connectivity index (χ2n) is 3.16. The summed E-state index contributed by atoms with van der Waals surface area (Å²) >= 11 is 1.41. The molecule has 0 saturated carbocycles. The summed E-state index contributed by atoms with van der Waals surface area (Å²) in [6.07, 6.45) is 5.29. The summed E-state index contributed by atoms with van der Waals surface area (Å²) in [5.41, 5.74) is 0. The van der Waals surface area contributed by atoms with Crippen molar-refractivity contribution in [3.05, 3.63) is 18.7 Å². The molecule has 9 heteroatoms. The van der Waals surface area contributed by atoms with Gasteiger partial charge in [-0.05, 0) is 10.4 Å². The van der Waals surface area contributed by atoms with Crippen molar-refractivity contribution in [2.45, 2.75) is 18.2 Å². The summed E-state index contributed by atoms with van der Waals surface area (Å²) in [7, 11) is 0. The van der Waals surface area contributed by atoms with Crippen LogP contribution >= 0.6 is 11.8 Å². The molecule has 0 bridgehead atoms. The van der Waals surface area contributed by atoms with E-state index in [0.29, 0.717) is 5.16 Å². The summed E-state index contributed by atoms with van der Waals surface area (Å²) < 4.78 is 3.19. The number of carboxylic acid groups (broad SMARTS) is 1. The molecule has 0 aliphatic carbocycles. The molecule has 0 radical (unpaired) electrons. The van der Waals surface area contributed by atoms with Crippen LogP contribution in [0.2, 0.25) is 0 Å². The van der Waals surface area contributed by atoms with Gasteiger partial charge in [-0.2, -0.15) is 0 Å². The van der Waals surface area contributed by atoms with E-state index < -0.39 is 5.97 Å². The Bertz CT molecular complexity index is 482. The van der Waals surface area contributed by atoms with Gasteiger partial charge in [0.05, 0.1) is 6.33 Å². The maximum atomic E-state index is 10.5. The van der Waals surface area contributed by atoms with Gasteiger partial charge in [0.1, 0.15) is 6.54 Å². The van der Waals surface area contributed by atoms with Gasteiger partial charge in [0.25, 0.3) is 0 Å².